The molecule has 0 aliphatic heterocycles. The van der Waals surface area contributed by atoms with E-state index >= 15 is 0 Å². The smallest absolute Gasteiger partial charge is 0.156 e. The predicted molar refractivity (Wildman–Crippen MR) is 91.8 cm³/mol. The number of para-hydroxylation sites is 1. The lowest BCUT2D eigenvalue weighted by Crippen LogP contribution is -2.00. The number of nitrogens with two attached hydrogens (primary N) is 1. The first-order valence-corrected chi connectivity index (χ1v) is 7.35. The van der Waals surface area contributed by atoms with Crippen LogP contribution in [0.25, 0.3) is 10.2 Å². The van der Waals surface area contributed by atoms with Gasteiger partial charge in [0.05, 0.1) is 27.7 Å². The Hall–Kier alpha value is -1.53. The number of aryl methyl sites for hydroxylation is 1. The summed E-state index contributed by atoms with van der Waals surface area (Å²) in [4.78, 5) is 4.33. The van der Waals surface area contributed by atoms with E-state index in [4.69, 9.17) is 15.9 Å². The highest BCUT2D eigenvalue weighted by Gasteiger charge is 1.95. The van der Waals surface area contributed by atoms with Crippen molar-refractivity contribution in [3.05, 3.63) is 29.3 Å². The van der Waals surface area contributed by atoms with Gasteiger partial charge in [0.15, 0.2) is 5.05 Å². The number of benzene rings is 1. The molecule has 0 saturated carbocycles. The highest BCUT2D eigenvalue weighted by atomic mass is 32.1. The van der Waals surface area contributed by atoms with Gasteiger partial charge in [-0.05, 0) is 45.1 Å². The molecule has 2 aromatic rings. The van der Waals surface area contributed by atoms with Gasteiger partial charge in [-0.2, -0.15) is 0 Å². The van der Waals surface area contributed by atoms with E-state index in [1.54, 1.807) is 18.3 Å². The molecule has 1 aromatic heterocycles. The summed E-state index contributed by atoms with van der Waals surface area (Å²) in [5, 5.41) is 8.04. The van der Waals surface area contributed by atoms with E-state index in [0.29, 0.717) is 11.7 Å². The van der Waals surface area contributed by atoms with Gasteiger partial charge in [0.1, 0.15) is 0 Å². The van der Waals surface area contributed by atoms with Crippen LogP contribution in [0.15, 0.2) is 24.3 Å². The van der Waals surface area contributed by atoms with Crippen molar-refractivity contribution < 1.29 is 4.74 Å². The first kappa shape index (κ1) is 18.5. The van der Waals surface area contributed by atoms with Gasteiger partial charge in [0.25, 0.3) is 0 Å². The van der Waals surface area contributed by atoms with Crippen molar-refractivity contribution in [1.29, 1.82) is 5.41 Å². The van der Waals surface area contributed by atoms with E-state index in [1.807, 2.05) is 32.0 Å². The lowest BCUT2D eigenvalue weighted by atomic mass is 10.3. The highest BCUT2D eigenvalue weighted by molar-refractivity contribution is 7.80. The summed E-state index contributed by atoms with van der Waals surface area (Å²) in [6.45, 7) is 7.93. The quantitative estimate of drug-likeness (QED) is 0.476. The van der Waals surface area contributed by atoms with E-state index in [2.05, 4.69) is 23.3 Å². The summed E-state index contributed by atoms with van der Waals surface area (Å²) >= 11 is 6.31. The van der Waals surface area contributed by atoms with Gasteiger partial charge in [0.2, 0.25) is 0 Å². The summed E-state index contributed by atoms with van der Waals surface area (Å²) < 4.78 is 6.05. The molecule has 2 rings (SSSR count). The van der Waals surface area contributed by atoms with Crippen molar-refractivity contribution >= 4 is 44.7 Å². The van der Waals surface area contributed by atoms with Gasteiger partial charge < -0.3 is 10.5 Å². The van der Waals surface area contributed by atoms with Crippen LogP contribution in [0.3, 0.4) is 0 Å². The fraction of sp³-hybridized carbons (Fsp3) is 0.357. The molecule has 0 bridgehead atoms. The third-order valence-electron chi connectivity index (χ3n) is 1.75. The molecule has 0 saturated heterocycles. The molecule has 0 unspecified atom stereocenters. The highest BCUT2D eigenvalue weighted by Crippen LogP contribution is 2.19. The van der Waals surface area contributed by atoms with Gasteiger partial charge in [-0.25, -0.2) is 4.98 Å². The molecule has 110 valence electrons. The minimum absolute atomic E-state index is 0.167. The second kappa shape index (κ2) is 10.3. The van der Waals surface area contributed by atoms with Gasteiger partial charge in [-0.1, -0.05) is 12.1 Å². The monoisotopic (exact) mass is 311 g/mol. The van der Waals surface area contributed by atoms with Crippen LogP contribution >= 0.6 is 23.6 Å². The second-order valence-electron chi connectivity index (χ2n) is 3.81. The standard InChI is InChI=1S/C8H7NS.C4H8OS.C2H6N2/c1-6-9-7-4-2-3-5-8(7)10-6;1-3-5-4(2)6;1-2(3)4/h2-5H,1H3;3H2,1-2H3;1H3,(H3,3,4). The average molecular weight is 311 g/mol. The van der Waals surface area contributed by atoms with Crippen molar-refractivity contribution in [1.82, 2.24) is 4.98 Å². The van der Waals surface area contributed by atoms with Crippen LogP contribution < -0.4 is 5.73 Å². The number of rotatable bonds is 1. The number of fused-ring (bicyclic) bond motifs is 1. The Labute approximate surface area is 129 Å². The van der Waals surface area contributed by atoms with Crippen LogP contribution in [0.2, 0.25) is 0 Å². The maximum atomic E-state index is 6.28. The zero-order valence-electron chi connectivity index (χ0n) is 12.3. The first-order valence-electron chi connectivity index (χ1n) is 6.13. The van der Waals surface area contributed by atoms with Crippen LogP contribution in [0, 0.1) is 12.3 Å². The van der Waals surface area contributed by atoms with Crippen LogP contribution in [0.4, 0.5) is 0 Å². The number of amidine groups is 1. The van der Waals surface area contributed by atoms with E-state index < -0.39 is 0 Å². The molecule has 0 amide bonds. The molecule has 1 heterocycles. The number of thiocarbonyl (C=S) groups is 1. The van der Waals surface area contributed by atoms with Crippen molar-refractivity contribution in [2.75, 3.05) is 6.61 Å². The van der Waals surface area contributed by atoms with E-state index in [1.165, 1.54) is 11.6 Å². The number of aromatic nitrogens is 1. The molecule has 0 fully saturated rings. The number of hydrogen-bond acceptors (Lipinski definition) is 5. The Balaban J connectivity index is 0.000000312. The molecule has 6 heteroatoms. The molecule has 0 radical (unpaired) electrons. The SMILES string of the molecule is CC(=N)N.CCOC(C)=S.Cc1nc2ccccc2s1. The topological polar surface area (TPSA) is 72.0 Å². The lowest BCUT2D eigenvalue weighted by Gasteiger charge is -1.93. The Morgan fingerprint density at radius 3 is 2.35 bits per heavy atom. The Bertz CT molecular complexity index is 515. The third kappa shape index (κ3) is 9.41. The number of nitrogens with one attached hydrogen (secondary N) is 1. The van der Waals surface area contributed by atoms with Crippen molar-refractivity contribution in [3.8, 4) is 0 Å². The minimum atomic E-state index is 0.167. The van der Waals surface area contributed by atoms with E-state index in [0.717, 1.165) is 10.5 Å². The van der Waals surface area contributed by atoms with Gasteiger partial charge in [-0.15, -0.1) is 11.3 Å². The molecule has 3 N–H and O–H groups in total. The summed E-state index contributed by atoms with van der Waals surface area (Å²) in [7, 11) is 0. The summed E-state index contributed by atoms with van der Waals surface area (Å²) in [6.07, 6.45) is 0. The van der Waals surface area contributed by atoms with Crippen molar-refractivity contribution in [2.45, 2.75) is 27.7 Å². The fourth-order valence-electron chi connectivity index (χ4n) is 1.19. The molecule has 1 aromatic carbocycles. The van der Waals surface area contributed by atoms with Gasteiger partial charge >= 0.3 is 0 Å². The van der Waals surface area contributed by atoms with Crippen LogP contribution in [0.5, 0.6) is 0 Å². The summed E-state index contributed by atoms with van der Waals surface area (Å²) in [6, 6.07) is 8.19. The van der Waals surface area contributed by atoms with Gasteiger partial charge in [0, 0.05) is 6.92 Å². The molecule has 0 aliphatic carbocycles. The second-order valence-corrected chi connectivity index (χ2v) is 5.62. The molecular weight excluding hydrogens is 290 g/mol. The lowest BCUT2D eigenvalue weighted by molar-refractivity contribution is 0.334. The normalized spacial score (nSPS) is 8.80. The summed E-state index contributed by atoms with van der Waals surface area (Å²) in [5.74, 6) is 0.167. The zero-order chi connectivity index (χ0) is 15.5. The Kier molecular flexibility index (Phi) is 9.49. The van der Waals surface area contributed by atoms with Crippen LogP contribution in [0.1, 0.15) is 25.8 Å². The average Bonchev–Trinajstić information content (AvgIpc) is 2.68. The molecular formula is C14H21N3OS2. The third-order valence-corrected chi connectivity index (χ3v) is 2.82. The molecule has 0 atom stereocenters. The Morgan fingerprint density at radius 1 is 1.40 bits per heavy atom. The maximum absolute atomic E-state index is 6.28. The maximum Gasteiger partial charge on any atom is 0.156 e. The predicted octanol–water partition coefficient (Wildman–Crippen LogP) is 3.92. The van der Waals surface area contributed by atoms with Crippen LogP contribution in [-0.2, 0) is 4.74 Å². The van der Waals surface area contributed by atoms with E-state index in [-0.39, 0.29) is 5.84 Å². The van der Waals surface area contributed by atoms with Crippen LogP contribution in [-0.4, -0.2) is 22.5 Å². The minimum Gasteiger partial charge on any atom is -0.488 e. The number of ether oxygens (including phenoxy) is 1. The first-order chi connectivity index (χ1) is 9.36. The molecule has 20 heavy (non-hydrogen) atoms. The number of hydrogen-bond donors (Lipinski definition) is 2. The molecule has 0 aliphatic rings. The number of thiazole rings is 1. The van der Waals surface area contributed by atoms with Gasteiger partial charge in [-0.3, -0.25) is 5.41 Å². The molecule has 0 spiro atoms. The number of nitrogens with zero attached hydrogens (tertiary/aromatic N) is 1. The van der Waals surface area contributed by atoms with E-state index in [9.17, 15) is 0 Å². The molecule has 4 nitrogen and oxygen atoms in total. The van der Waals surface area contributed by atoms with Crippen molar-refractivity contribution in [2.24, 2.45) is 5.73 Å². The zero-order valence-corrected chi connectivity index (χ0v) is 13.9. The fourth-order valence-corrected chi connectivity index (χ4v) is 2.14. The Morgan fingerprint density at radius 2 is 1.95 bits per heavy atom. The largest absolute Gasteiger partial charge is 0.488 e. The van der Waals surface area contributed by atoms with Crippen molar-refractivity contribution in [3.63, 3.8) is 0 Å². The summed E-state index contributed by atoms with van der Waals surface area (Å²) in [5.41, 5.74) is 5.81.